The number of rotatable bonds is 9. The van der Waals surface area contributed by atoms with Gasteiger partial charge in [-0.15, -0.1) is 0 Å². The van der Waals surface area contributed by atoms with Gasteiger partial charge in [-0.1, -0.05) is 30.2 Å². The molecule has 1 unspecified atom stereocenters. The number of carboxylic acids is 1. The molecule has 0 radical (unpaired) electrons. The molecule has 0 saturated heterocycles. The Morgan fingerprint density at radius 2 is 2.00 bits per heavy atom. The standard InChI is InChI=1S/C16H25NO3/c1-12-7-8-14(13(2)10-12)15(18)11-17-9-5-3-4-6-16(19)20/h7-8,10,15,17-18H,3-6,9,11H2,1-2H3,(H,19,20). The first-order valence-electron chi connectivity index (χ1n) is 7.18. The summed E-state index contributed by atoms with van der Waals surface area (Å²) >= 11 is 0. The van der Waals surface area contributed by atoms with Gasteiger partial charge in [-0.25, -0.2) is 0 Å². The lowest BCUT2D eigenvalue weighted by atomic mass is 10.0. The van der Waals surface area contributed by atoms with E-state index in [2.05, 4.69) is 11.4 Å². The Kier molecular flexibility index (Phi) is 7.26. The number of aliphatic hydroxyl groups excluding tert-OH is 1. The molecular weight excluding hydrogens is 254 g/mol. The highest BCUT2D eigenvalue weighted by atomic mass is 16.4. The summed E-state index contributed by atoms with van der Waals surface area (Å²) in [6.45, 7) is 5.39. The van der Waals surface area contributed by atoms with Crippen molar-refractivity contribution in [2.24, 2.45) is 0 Å². The van der Waals surface area contributed by atoms with E-state index in [-0.39, 0.29) is 6.42 Å². The highest BCUT2D eigenvalue weighted by Crippen LogP contribution is 2.18. The highest BCUT2D eigenvalue weighted by molar-refractivity contribution is 5.66. The maximum atomic E-state index is 10.3. The normalized spacial score (nSPS) is 12.3. The van der Waals surface area contributed by atoms with Crippen molar-refractivity contribution in [1.82, 2.24) is 5.32 Å². The maximum Gasteiger partial charge on any atom is 0.303 e. The minimum atomic E-state index is -0.733. The molecule has 0 fully saturated rings. The smallest absolute Gasteiger partial charge is 0.303 e. The van der Waals surface area contributed by atoms with Gasteiger partial charge in [0.15, 0.2) is 0 Å². The van der Waals surface area contributed by atoms with Crippen LogP contribution in [0.3, 0.4) is 0 Å². The zero-order valence-corrected chi connectivity index (χ0v) is 12.4. The molecule has 4 heteroatoms. The van der Waals surface area contributed by atoms with Gasteiger partial charge in [0.05, 0.1) is 6.10 Å². The minimum absolute atomic E-state index is 0.241. The fraction of sp³-hybridized carbons (Fsp3) is 0.562. The Labute approximate surface area is 120 Å². The summed E-state index contributed by atoms with van der Waals surface area (Å²) in [7, 11) is 0. The van der Waals surface area contributed by atoms with E-state index in [9.17, 15) is 9.90 Å². The predicted octanol–water partition coefficient (Wildman–Crippen LogP) is 2.57. The number of aliphatic hydroxyl groups is 1. The van der Waals surface area contributed by atoms with E-state index < -0.39 is 12.1 Å². The number of unbranched alkanes of at least 4 members (excludes halogenated alkanes) is 2. The Bertz CT molecular complexity index is 432. The molecule has 0 aromatic heterocycles. The van der Waals surface area contributed by atoms with E-state index in [4.69, 9.17) is 5.11 Å². The van der Waals surface area contributed by atoms with Crippen LogP contribution in [0.15, 0.2) is 18.2 Å². The van der Waals surface area contributed by atoms with Crippen LogP contribution in [-0.4, -0.2) is 29.3 Å². The zero-order valence-electron chi connectivity index (χ0n) is 12.4. The Morgan fingerprint density at radius 3 is 2.65 bits per heavy atom. The van der Waals surface area contributed by atoms with Crippen LogP contribution in [0.25, 0.3) is 0 Å². The minimum Gasteiger partial charge on any atom is -0.481 e. The van der Waals surface area contributed by atoms with Crippen molar-refractivity contribution >= 4 is 5.97 Å². The monoisotopic (exact) mass is 279 g/mol. The van der Waals surface area contributed by atoms with E-state index in [1.807, 2.05) is 26.0 Å². The number of benzene rings is 1. The maximum absolute atomic E-state index is 10.3. The van der Waals surface area contributed by atoms with Gasteiger partial charge in [0.1, 0.15) is 0 Å². The van der Waals surface area contributed by atoms with Crippen molar-refractivity contribution in [3.05, 3.63) is 34.9 Å². The lowest BCUT2D eigenvalue weighted by Crippen LogP contribution is -2.23. The second-order valence-corrected chi connectivity index (χ2v) is 5.28. The summed E-state index contributed by atoms with van der Waals surface area (Å²) in [6.07, 6.45) is 2.31. The Hall–Kier alpha value is -1.39. The fourth-order valence-electron chi connectivity index (χ4n) is 2.25. The number of hydrogen-bond acceptors (Lipinski definition) is 3. The largest absolute Gasteiger partial charge is 0.481 e. The number of hydrogen-bond donors (Lipinski definition) is 3. The molecule has 0 aliphatic rings. The third-order valence-corrected chi connectivity index (χ3v) is 3.37. The molecule has 0 bridgehead atoms. The van der Waals surface area contributed by atoms with Gasteiger partial charge in [-0.2, -0.15) is 0 Å². The molecule has 0 aliphatic heterocycles. The molecule has 112 valence electrons. The molecule has 20 heavy (non-hydrogen) atoms. The molecule has 3 N–H and O–H groups in total. The van der Waals surface area contributed by atoms with Crippen molar-refractivity contribution in [3.63, 3.8) is 0 Å². The van der Waals surface area contributed by atoms with Gasteiger partial charge in [0.2, 0.25) is 0 Å². The lowest BCUT2D eigenvalue weighted by molar-refractivity contribution is -0.137. The molecule has 0 amide bonds. The average Bonchev–Trinajstić information content (AvgIpc) is 2.37. The number of carboxylic acid groups (broad SMARTS) is 1. The van der Waals surface area contributed by atoms with Gasteiger partial charge >= 0.3 is 5.97 Å². The first-order chi connectivity index (χ1) is 9.50. The van der Waals surface area contributed by atoms with Crippen LogP contribution in [0, 0.1) is 13.8 Å². The molecule has 0 spiro atoms. The first kappa shape index (κ1) is 16.7. The highest BCUT2D eigenvalue weighted by Gasteiger charge is 2.09. The number of aryl methyl sites for hydroxylation is 2. The molecule has 1 atom stereocenters. The van der Waals surface area contributed by atoms with Crippen molar-refractivity contribution < 1.29 is 15.0 Å². The Balaban J connectivity index is 2.20. The second-order valence-electron chi connectivity index (χ2n) is 5.28. The van der Waals surface area contributed by atoms with E-state index in [0.717, 1.165) is 36.9 Å². The molecule has 1 rings (SSSR count). The van der Waals surface area contributed by atoms with Gasteiger partial charge in [-0.3, -0.25) is 4.79 Å². The van der Waals surface area contributed by atoms with E-state index in [1.165, 1.54) is 5.56 Å². The van der Waals surface area contributed by atoms with Gasteiger partial charge < -0.3 is 15.5 Å². The summed E-state index contributed by atoms with van der Waals surface area (Å²) in [5, 5.41) is 21.9. The van der Waals surface area contributed by atoms with Crippen molar-refractivity contribution in [2.45, 2.75) is 45.6 Å². The van der Waals surface area contributed by atoms with Crippen molar-refractivity contribution in [2.75, 3.05) is 13.1 Å². The number of aliphatic carboxylic acids is 1. The summed E-state index contributed by atoms with van der Waals surface area (Å²) in [5.41, 5.74) is 3.28. The molecule has 4 nitrogen and oxygen atoms in total. The van der Waals surface area contributed by atoms with E-state index in [1.54, 1.807) is 0 Å². The molecule has 1 aromatic carbocycles. The Morgan fingerprint density at radius 1 is 1.25 bits per heavy atom. The fourth-order valence-corrected chi connectivity index (χ4v) is 2.25. The SMILES string of the molecule is Cc1ccc(C(O)CNCCCCCC(=O)O)c(C)c1. The average molecular weight is 279 g/mol. The van der Waals surface area contributed by atoms with Crippen molar-refractivity contribution in [1.29, 1.82) is 0 Å². The van der Waals surface area contributed by atoms with Crippen LogP contribution in [0.5, 0.6) is 0 Å². The molecule has 0 saturated carbocycles. The third kappa shape index (κ3) is 6.17. The summed E-state index contributed by atoms with van der Waals surface area (Å²) < 4.78 is 0. The van der Waals surface area contributed by atoms with Crippen LogP contribution in [0.2, 0.25) is 0 Å². The molecule has 1 aromatic rings. The van der Waals surface area contributed by atoms with E-state index in [0.29, 0.717) is 6.54 Å². The van der Waals surface area contributed by atoms with Gasteiger partial charge in [0.25, 0.3) is 0 Å². The van der Waals surface area contributed by atoms with Gasteiger partial charge in [-0.05, 0) is 44.4 Å². The number of carbonyl (C=O) groups is 1. The number of nitrogens with one attached hydrogen (secondary N) is 1. The second kappa shape index (κ2) is 8.72. The van der Waals surface area contributed by atoms with Gasteiger partial charge in [0, 0.05) is 13.0 Å². The van der Waals surface area contributed by atoms with Crippen molar-refractivity contribution in [3.8, 4) is 0 Å². The molecule has 0 heterocycles. The first-order valence-corrected chi connectivity index (χ1v) is 7.18. The summed E-state index contributed by atoms with van der Waals surface area (Å²) in [6, 6.07) is 6.06. The molecular formula is C16H25NO3. The predicted molar refractivity (Wildman–Crippen MR) is 79.8 cm³/mol. The van der Waals surface area contributed by atoms with E-state index >= 15 is 0 Å². The topological polar surface area (TPSA) is 69.6 Å². The quantitative estimate of drug-likeness (QED) is 0.608. The zero-order chi connectivity index (χ0) is 15.0. The van der Waals surface area contributed by atoms with Crippen LogP contribution in [-0.2, 0) is 4.79 Å². The lowest BCUT2D eigenvalue weighted by Gasteiger charge is -2.15. The molecule has 0 aliphatic carbocycles. The third-order valence-electron chi connectivity index (χ3n) is 3.37. The van der Waals surface area contributed by atoms with Crippen LogP contribution < -0.4 is 5.32 Å². The van der Waals surface area contributed by atoms with Crippen LogP contribution in [0.1, 0.15) is 48.5 Å². The van der Waals surface area contributed by atoms with Crippen LogP contribution in [0.4, 0.5) is 0 Å². The van der Waals surface area contributed by atoms with Crippen LogP contribution >= 0.6 is 0 Å². The summed E-state index contributed by atoms with van der Waals surface area (Å²) in [5.74, 6) is -0.733. The summed E-state index contributed by atoms with van der Waals surface area (Å²) in [4.78, 5) is 10.3.